The fourth-order valence-electron chi connectivity index (χ4n) is 3.05. The van der Waals surface area contributed by atoms with Gasteiger partial charge >= 0.3 is 6.03 Å². The fourth-order valence-corrected chi connectivity index (χ4v) is 3.05. The number of carbonyl (C=O) groups is 1. The quantitative estimate of drug-likeness (QED) is 0.926. The lowest BCUT2D eigenvalue weighted by Gasteiger charge is -2.33. The molecule has 3 rings (SSSR count). The van der Waals surface area contributed by atoms with Crippen LogP contribution >= 0.6 is 0 Å². The predicted molar refractivity (Wildman–Crippen MR) is 87.0 cm³/mol. The van der Waals surface area contributed by atoms with Gasteiger partial charge < -0.3 is 10.2 Å². The molecule has 0 bridgehead atoms. The molecule has 22 heavy (non-hydrogen) atoms. The molecular weight excluding hydrogens is 276 g/mol. The van der Waals surface area contributed by atoms with E-state index in [0.29, 0.717) is 5.92 Å². The Morgan fingerprint density at radius 2 is 2.27 bits per heavy atom. The Balaban J connectivity index is 1.66. The first-order valence-electron chi connectivity index (χ1n) is 7.73. The summed E-state index contributed by atoms with van der Waals surface area (Å²) in [4.78, 5) is 14.3. The number of aryl methyl sites for hydroxylation is 2. The number of likely N-dealkylation sites (tertiary alicyclic amines) is 1. The van der Waals surface area contributed by atoms with Crippen molar-refractivity contribution >= 4 is 11.7 Å². The maximum absolute atomic E-state index is 12.4. The van der Waals surface area contributed by atoms with E-state index in [9.17, 15) is 4.79 Å². The van der Waals surface area contributed by atoms with E-state index in [1.54, 1.807) is 17.1 Å². The molecule has 1 saturated heterocycles. The van der Waals surface area contributed by atoms with Crippen LogP contribution in [-0.4, -0.2) is 33.8 Å². The second kappa shape index (κ2) is 6.22. The summed E-state index contributed by atoms with van der Waals surface area (Å²) in [5.74, 6) is 0.424. The highest BCUT2D eigenvalue weighted by molar-refractivity contribution is 5.89. The van der Waals surface area contributed by atoms with Gasteiger partial charge in [-0.25, -0.2) is 4.79 Å². The van der Waals surface area contributed by atoms with Gasteiger partial charge in [-0.1, -0.05) is 29.8 Å². The first kappa shape index (κ1) is 14.6. The minimum absolute atomic E-state index is 0.0367. The van der Waals surface area contributed by atoms with Gasteiger partial charge in [0.1, 0.15) is 0 Å². The van der Waals surface area contributed by atoms with Gasteiger partial charge in [-0.15, -0.1) is 0 Å². The van der Waals surface area contributed by atoms with Crippen molar-refractivity contribution in [2.24, 2.45) is 7.05 Å². The Morgan fingerprint density at radius 3 is 3.00 bits per heavy atom. The van der Waals surface area contributed by atoms with Gasteiger partial charge in [0.2, 0.25) is 0 Å². The number of rotatable bonds is 2. The van der Waals surface area contributed by atoms with Crippen molar-refractivity contribution in [3.8, 4) is 0 Å². The van der Waals surface area contributed by atoms with Crippen LogP contribution in [0.25, 0.3) is 0 Å². The van der Waals surface area contributed by atoms with Crippen molar-refractivity contribution in [1.29, 1.82) is 0 Å². The Hall–Kier alpha value is -2.30. The molecule has 0 spiro atoms. The van der Waals surface area contributed by atoms with Crippen molar-refractivity contribution in [2.75, 3.05) is 18.4 Å². The summed E-state index contributed by atoms with van der Waals surface area (Å²) in [5.41, 5.74) is 3.35. The van der Waals surface area contributed by atoms with Gasteiger partial charge in [-0.05, 0) is 25.3 Å². The number of hydrogen-bond donors (Lipinski definition) is 1. The molecule has 1 N–H and O–H groups in total. The van der Waals surface area contributed by atoms with E-state index in [1.165, 1.54) is 11.1 Å². The zero-order chi connectivity index (χ0) is 15.5. The van der Waals surface area contributed by atoms with E-state index < -0.39 is 0 Å². The first-order chi connectivity index (χ1) is 10.6. The number of carbonyl (C=O) groups excluding carboxylic acids is 1. The highest BCUT2D eigenvalue weighted by Gasteiger charge is 2.25. The maximum atomic E-state index is 12.4. The Bertz CT molecular complexity index is 664. The van der Waals surface area contributed by atoms with Crippen LogP contribution in [0, 0.1) is 6.92 Å². The molecule has 2 heterocycles. The summed E-state index contributed by atoms with van der Waals surface area (Å²) in [5, 5.41) is 6.99. The average molecular weight is 298 g/mol. The maximum Gasteiger partial charge on any atom is 0.321 e. The van der Waals surface area contributed by atoms with Gasteiger partial charge in [0.15, 0.2) is 0 Å². The van der Waals surface area contributed by atoms with Gasteiger partial charge in [0.05, 0.1) is 11.9 Å². The minimum atomic E-state index is -0.0367. The molecule has 1 fully saturated rings. The molecule has 1 aliphatic rings. The molecule has 116 valence electrons. The van der Waals surface area contributed by atoms with Crippen LogP contribution in [0.4, 0.5) is 10.5 Å². The second-order valence-electron chi connectivity index (χ2n) is 6.03. The molecule has 0 aliphatic carbocycles. The molecule has 2 aromatic rings. The number of nitrogens with one attached hydrogen (secondary N) is 1. The van der Waals surface area contributed by atoms with Crippen LogP contribution in [-0.2, 0) is 7.05 Å². The lowest BCUT2D eigenvalue weighted by Crippen LogP contribution is -2.41. The zero-order valence-corrected chi connectivity index (χ0v) is 13.1. The third kappa shape index (κ3) is 3.30. The van der Waals surface area contributed by atoms with E-state index in [2.05, 4.69) is 41.6 Å². The molecule has 1 aliphatic heterocycles. The lowest BCUT2D eigenvalue weighted by atomic mass is 9.90. The molecule has 0 radical (unpaired) electrons. The Kier molecular flexibility index (Phi) is 4.13. The van der Waals surface area contributed by atoms with Crippen LogP contribution in [0.3, 0.4) is 0 Å². The summed E-state index contributed by atoms with van der Waals surface area (Å²) in [6.45, 7) is 3.70. The van der Waals surface area contributed by atoms with E-state index in [-0.39, 0.29) is 6.03 Å². The van der Waals surface area contributed by atoms with Gasteiger partial charge in [0.25, 0.3) is 0 Å². The normalized spacial score (nSPS) is 18.3. The molecule has 1 aromatic carbocycles. The van der Waals surface area contributed by atoms with Gasteiger partial charge in [-0.3, -0.25) is 4.68 Å². The van der Waals surface area contributed by atoms with E-state index in [4.69, 9.17) is 0 Å². The molecule has 5 nitrogen and oxygen atoms in total. The molecule has 0 unspecified atom stereocenters. The van der Waals surface area contributed by atoms with E-state index >= 15 is 0 Å². The monoisotopic (exact) mass is 298 g/mol. The van der Waals surface area contributed by atoms with Crippen LogP contribution in [0.15, 0.2) is 36.7 Å². The number of nitrogens with zero attached hydrogens (tertiary/aromatic N) is 3. The van der Waals surface area contributed by atoms with Crippen molar-refractivity contribution in [2.45, 2.75) is 25.7 Å². The number of urea groups is 1. The Labute approximate surface area is 130 Å². The standard InChI is InChI=1S/C17H22N4O/c1-13-5-3-6-14(9-13)15-7-4-8-21(11-15)17(22)19-16-10-18-20(2)12-16/h3,5-6,9-10,12,15H,4,7-8,11H2,1-2H3,(H,19,22)/t15-/m0/s1. The smallest absolute Gasteiger partial charge is 0.321 e. The SMILES string of the molecule is Cc1cccc([C@H]2CCCN(C(=O)Nc3cnn(C)c3)C2)c1. The van der Waals surface area contributed by atoms with Crippen LogP contribution in [0.1, 0.15) is 29.9 Å². The fraction of sp³-hybridized carbons (Fsp3) is 0.412. The van der Waals surface area contributed by atoms with Crippen molar-refractivity contribution in [3.05, 3.63) is 47.8 Å². The van der Waals surface area contributed by atoms with Crippen LogP contribution < -0.4 is 5.32 Å². The number of aromatic nitrogens is 2. The zero-order valence-electron chi connectivity index (χ0n) is 13.1. The molecule has 1 atom stereocenters. The van der Waals surface area contributed by atoms with Crippen molar-refractivity contribution < 1.29 is 4.79 Å². The lowest BCUT2D eigenvalue weighted by molar-refractivity contribution is 0.193. The Morgan fingerprint density at radius 1 is 1.41 bits per heavy atom. The van der Waals surface area contributed by atoms with Crippen LogP contribution in [0.5, 0.6) is 0 Å². The first-order valence-corrected chi connectivity index (χ1v) is 7.73. The molecular formula is C17H22N4O. The van der Waals surface area contributed by atoms with Crippen LogP contribution in [0.2, 0.25) is 0 Å². The number of benzene rings is 1. The number of amides is 2. The summed E-state index contributed by atoms with van der Waals surface area (Å²) < 4.78 is 1.68. The molecule has 0 saturated carbocycles. The third-order valence-electron chi connectivity index (χ3n) is 4.18. The molecule has 2 amide bonds. The van der Waals surface area contributed by atoms with E-state index in [1.807, 2.05) is 11.9 Å². The second-order valence-corrected chi connectivity index (χ2v) is 6.03. The highest BCUT2D eigenvalue weighted by Crippen LogP contribution is 2.27. The van der Waals surface area contributed by atoms with E-state index in [0.717, 1.165) is 31.6 Å². The number of piperidine rings is 1. The third-order valence-corrected chi connectivity index (χ3v) is 4.18. The summed E-state index contributed by atoms with van der Waals surface area (Å²) in [7, 11) is 1.84. The predicted octanol–water partition coefficient (Wildman–Crippen LogP) is 3.14. The number of anilines is 1. The number of hydrogen-bond acceptors (Lipinski definition) is 2. The minimum Gasteiger partial charge on any atom is -0.324 e. The topological polar surface area (TPSA) is 50.2 Å². The highest BCUT2D eigenvalue weighted by atomic mass is 16.2. The molecule has 5 heteroatoms. The largest absolute Gasteiger partial charge is 0.324 e. The molecule has 1 aromatic heterocycles. The van der Waals surface area contributed by atoms with Gasteiger partial charge in [0, 0.05) is 32.3 Å². The summed E-state index contributed by atoms with van der Waals surface area (Å²) in [6, 6.07) is 8.57. The van der Waals surface area contributed by atoms with Gasteiger partial charge in [-0.2, -0.15) is 5.10 Å². The van der Waals surface area contributed by atoms with Crippen molar-refractivity contribution in [1.82, 2.24) is 14.7 Å². The summed E-state index contributed by atoms with van der Waals surface area (Å²) in [6.07, 6.45) is 5.65. The van der Waals surface area contributed by atoms with Crippen molar-refractivity contribution in [3.63, 3.8) is 0 Å². The average Bonchev–Trinajstić information content (AvgIpc) is 2.92. The summed E-state index contributed by atoms with van der Waals surface area (Å²) >= 11 is 0.